The van der Waals surface area contributed by atoms with E-state index in [9.17, 15) is 35.9 Å². The number of benzene rings is 1. The number of carbonyl (C=O) groups is 2. The lowest BCUT2D eigenvalue weighted by molar-refractivity contribution is -0.143. The summed E-state index contributed by atoms with van der Waals surface area (Å²) in [5, 5.41) is 0. The number of hydrogen-bond acceptors (Lipinski definition) is 2. The normalized spacial score (nSPS) is 12.3. The zero-order chi connectivity index (χ0) is 14.1. The molecule has 2 nitrogen and oxygen atoms in total. The molecule has 0 spiro atoms. The topological polar surface area (TPSA) is 34.1 Å². The number of ketones is 1. The van der Waals surface area contributed by atoms with E-state index < -0.39 is 34.8 Å². The van der Waals surface area contributed by atoms with Crippen LogP contribution in [-0.4, -0.2) is 12.1 Å². The number of halogens is 6. The van der Waals surface area contributed by atoms with Gasteiger partial charge in [0.25, 0.3) is 0 Å². The zero-order valence-corrected chi connectivity index (χ0v) is 8.39. The van der Waals surface area contributed by atoms with E-state index in [1.807, 2.05) is 0 Å². The Morgan fingerprint density at radius 2 is 1.28 bits per heavy atom. The van der Waals surface area contributed by atoms with Gasteiger partial charge >= 0.3 is 12.4 Å². The minimum absolute atomic E-state index is 0.123. The van der Waals surface area contributed by atoms with Crippen molar-refractivity contribution in [3.8, 4) is 0 Å². The molecule has 0 fully saturated rings. The van der Waals surface area contributed by atoms with Crippen molar-refractivity contribution < 1.29 is 35.9 Å². The van der Waals surface area contributed by atoms with Crippen molar-refractivity contribution in [1.82, 2.24) is 0 Å². The first-order chi connectivity index (χ1) is 8.05. The van der Waals surface area contributed by atoms with Crippen LogP contribution >= 0.6 is 0 Å². The standard InChI is InChI=1S/C10H4F6O2/c11-9(12,13)6-1-5(8(18)4-17)2-7(3-6)10(14,15)16/h1-4H. The molecule has 8 heteroatoms. The largest absolute Gasteiger partial charge is 0.416 e. The first-order valence-corrected chi connectivity index (χ1v) is 4.34. The average molecular weight is 270 g/mol. The minimum Gasteiger partial charge on any atom is -0.294 e. The van der Waals surface area contributed by atoms with Crippen LogP contribution in [0, 0.1) is 0 Å². The fourth-order valence-electron chi connectivity index (χ4n) is 1.17. The summed E-state index contributed by atoms with van der Waals surface area (Å²) in [5.74, 6) is -1.45. The molecule has 0 aliphatic heterocycles. The highest BCUT2D eigenvalue weighted by molar-refractivity contribution is 6.33. The summed E-state index contributed by atoms with van der Waals surface area (Å²) in [4.78, 5) is 21.0. The Kier molecular flexibility index (Phi) is 3.50. The molecule has 18 heavy (non-hydrogen) atoms. The third-order valence-electron chi connectivity index (χ3n) is 1.98. The molecule has 0 heterocycles. The summed E-state index contributed by atoms with van der Waals surface area (Å²) in [5.41, 5.74) is -4.22. The van der Waals surface area contributed by atoms with Gasteiger partial charge in [0.15, 0.2) is 6.29 Å². The maximum Gasteiger partial charge on any atom is 0.416 e. The van der Waals surface area contributed by atoms with Crippen LogP contribution in [0.2, 0.25) is 0 Å². The van der Waals surface area contributed by atoms with Gasteiger partial charge in [-0.25, -0.2) is 0 Å². The van der Waals surface area contributed by atoms with Crippen molar-refractivity contribution in [3.05, 3.63) is 34.9 Å². The Bertz CT molecular complexity index is 454. The fourth-order valence-corrected chi connectivity index (χ4v) is 1.17. The summed E-state index contributed by atoms with van der Waals surface area (Å²) in [6.07, 6.45) is -10.4. The van der Waals surface area contributed by atoms with Crippen molar-refractivity contribution in [2.24, 2.45) is 0 Å². The molecule has 0 radical (unpaired) electrons. The first kappa shape index (κ1) is 14.2. The molecule has 0 saturated heterocycles. The van der Waals surface area contributed by atoms with Crippen LogP contribution in [0.25, 0.3) is 0 Å². The van der Waals surface area contributed by atoms with Crippen molar-refractivity contribution >= 4 is 12.1 Å². The quantitative estimate of drug-likeness (QED) is 0.358. The number of carbonyl (C=O) groups excluding carboxylic acids is 2. The van der Waals surface area contributed by atoms with Gasteiger partial charge in [-0.3, -0.25) is 9.59 Å². The summed E-state index contributed by atoms with van der Waals surface area (Å²) in [7, 11) is 0. The highest BCUT2D eigenvalue weighted by Crippen LogP contribution is 2.36. The lowest BCUT2D eigenvalue weighted by Crippen LogP contribution is -2.13. The third-order valence-corrected chi connectivity index (χ3v) is 1.98. The molecule has 98 valence electrons. The molecule has 1 aromatic rings. The molecule has 0 bridgehead atoms. The maximum absolute atomic E-state index is 12.3. The van der Waals surface area contributed by atoms with Crippen molar-refractivity contribution in [2.45, 2.75) is 12.4 Å². The van der Waals surface area contributed by atoms with Crippen LogP contribution in [0.5, 0.6) is 0 Å². The van der Waals surface area contributed by atoms with Crippen LogP contribution in [0.4, 0.5) is 26.3 Å². The van der Waals surface area contributed by atoms with E-state index in [1.165, 1.54) is 0 Å². The molecular weight excluding hydrogens is 266 g/mol. The number of alkyl halides is 6. The van der Waals surface area contributed by atoms with E-state index in [1.54, 1.807) is 0 Å². The highest BCUT2D eigenvalue weighted by atomic mass is 19.4. The van der Waals surface area contributed by atoms with E-state index in [2.05, 4.69) is 0 Å². The molecule has 0 N–H and O–H groups in total. The number of aldehydes is 1. The van der Waals surface area contributed by atoms with Crippen molar-refractivity contribution in [3.63, 3.8) is 0 Å². The predicted molar refractivity (Wildman–Crippen MR) is 46.8 cm³/mol. The van der Waals surface area contributed by atoms with Crippen LogP contribution in [0.1, 0.15) is 21.5 Å². The number of hydrogen-bond donors (Lipinski definition) is 0. The van der Waals surface area contributed by atoms with Crippen LogP contribution in [0.15, 0.2) is 18.2 Å². The van der Waals surface area contributed by atoms with Crippen molar-refractivity contribution in [1.29, 1.82) is 0 Å². The van der Waals surface area contributed by atoms with E-state index >= 15 is 0 Å². The number of rotatable bonds is 2. The molecule has 0 atom stereocenters. The number of Topliss-reactive ketones (excluding diaryl/α,β-unsaturated/α-hetero) is 1. The monoisotopic (exact) mass is 270 g/mol. The van der Waals surface area contributed by atoms with E-state index in [4.69, 9.17) is 0 Å². The van der Waals surface area contributed by atoms with E-state index in [0.717, 1.165) is 0 Å². The van der Waals surface area contributed by atoms with Gasteiger partial charge in [0.1, 0.15) is 0 Å². The van der Waals surface area contributed by atoms with Gasteiger partial charge in [-0.15, -0.1) is 0 Å². The van der Waals surface area contributed by atoms with Gasteiger partial charge in [0.05, 0.1) is 11.1 Å². The summed E-state index contributed by atoms with van der Waals surface area (Å²) < 4.78 is 74.0. The predicted octanol–water partition coefficient (Wildman–Crippen LogP) is 3.11. The molecule has 0 aliphatic carbocycles. The van der Waals surface area contributed by atoms with Gasteiger partial charge in [-0.2, -0.15) is 26.3 Å². The molecule has 0 amide bonds. The summed E-state index contributed by atoms with van der Waals surface area (Å²) >= 11 is 0. The minimum atomic E-state index is -5.04. The second kappa shape index (κ2) is 4.43. The van der Waals surface area contributed by atoms with Crippen LogP contribution in [-0.2, 0) is 17.1 Å². The average Bonchev–Trinajstić information content (AvgIpc) is 2.25. The van der Waals surface area contributed by atoms with Crippen LogP contribution < -0.4 is 0 Å². The fraction of sp³-hybridized carbons (Fsp3) is 0.200. The third kappa shape index (κ3) is 3.08. The Hall–Kier alpha value is -1.86. The molecule has 1 aromatic carbocycles. The Morgan fingerprint density at radius 1 is 0.889 bits per heavy atom. The highest BCUT2D eigenvalue weighted by Gasteiger charge is 2.37. The SMILES string of the molecule is O=CC(=O)c1cc(C(F)(F)F)cc(C(F)(F)F)c1. The molecule has 1 rings (SSSR count). The van der Waals surface area contributed by atoms with Crippen LogP contribution in [0.3, 0.4) is 0 Å². The first-order valence-electron chi connectivity index (χ1n) is 4.34. The second-order valence-electron chi connectivity index (χ2n) is 3.28. The lowest BCUT2D eigenvalue weighted by atomic mass is 10.0. The van der Waals surface area contributed by atoms with Gasteiger partial charge in [0, 0.05) is 5.56 Å². The Labute approximate surface area is 96.2 Å². The molecule has 0 unspecified atom stereocenters. The van der Waals surface area contributed by atoms with Gasteiger partial charge in [0.2, 0.25) is 5.78 Å². The zero-order valence-electron chi connectivity index (χ0n) is 8.39. The van der Waals surface area contributed by atoms with Crippen molar-refractivity contribution in [2.75, 3.05) is 0 Å². The summed E-state index contributed by atoms with van der Waals surface area (Å²) in [6, 6.07) is 0.277. The molecule has 0 aliphatic rings. The molecular formula is C10H4F6O2. The van der Waals surface area contributed by atoms with Gasteiger partial charge < -0.3 is 0 Å². The lowest BCUT2D eigenvalue weighted by Gasteiger charge is -2.12. The Morgan fingerprint density at radius 3 is 1.56 bits per heavy atom. The van der Waals surface area contributed by atoms with Gasteiger partial charge in [-0.05, 0) is 18.2 Å². The smallest absolute Gasteiger partial charge is 0.294 e. The Balaban J connectivity index is 3.48. The molecule has 0 saturated carbocycles. The van der Waals surface area contributed by atoms with E-state index in [-0.39, 0.29) is 24.5 Å². The van der Waals surface area contributed by atoms with E-state index in [0.29, 0.717) is 0 Å². The summed E-state index contributed by atoms with van der Waals surface area (Å²) in [6.45, 7) is 0. The maximum atomic E-state index is 12.3. The molecule has 0 aromatic heterocycles. The van der Waals surface area contributed by atoms with Gasteiger partial charge in [-0.1, -0.05) is 0 Å². The second-order valence-corrected chi connectivity index (χ2v) is 3.28.